The van der Waals surface area contributed by atoms with Crippen molar-refractivity contribution in [3.63, 3.8) is 0 Å². The number of aliphatic hydroxyl groups excluding tert-OH is 1. The van der Waals surface area contributed by atoms with Crippen LogP contribution in [-0.2, 0) is 19.1 Å². The van der Waals surface area contributed by atoms with Gasteiger partial charge in [0.25, 0.3) is 0 Å². The van der Waals surface area contributed by atoms with Gasteiger partial charge in [0.05, 0.1) is 0 Å². The summed E-state index contributed by atoms with van der Waals surface area (Å²) in [6.45, 7) is 4.54. The van der Waals surface area contributed by atoms with Gasteiger partial charge in [0.1, 0.15) is 12.4 Å². The zero-order valence-corrected chi connectivity index (χ0v) is 23.0. The number of rotatable bonds is 17. The number of aldehydes is 1. The summed E-state index contributed by atoms with van der Waals surface area (Å²) in [6.07, 6.45) is 20.9. The number of allylic oxidation sites excluding steroid dienone is 2. The molecule has 2 bridgehead atoms. The molecule has 0 aliphatic heterocycles. The van der Waals surface area contributed by atoms with E-state index in [9.17, 15) is 19.5 Å². The van der Waals surface area contributed by atoms with E-state index in [4.69, 9.17) is 9.84 Å². The topological polar surface area (TPSA) is 101 Å². The van der Waals surface area contributed by atoms with Crippen molar-refractivity contribution < 1.29 is 29.3 Å². The van der Waals surface area contributed by atoms with Gasteiger partial charge >= 0.3 is 11.9 Å². The second kappa shape index (κ2) is 13.7. The smallest absolute Gasteiger partial charge is 0.331 e. The first-order valence-electron chi connectivity index (χ1n) is 14.6. The third kappa shape index (κ3) is 6.74. The molecule has 2 N–H and O–H groups in total. The van der Waals surface area contributed by atoms with Crippen LogP contribution in [0.15, 0.2) is 23.8 Å². The SMILES string of the molecule is CC1(C)C2CC3(C(C=O)CCC13)C(OC(=O)CCCCCCCC=CCCCCCCO)C=C2C(=O)O. The van der Waals surface area contributed by atoms with Gasteiger partial charge in [-0.15, -0.1) is 0 Å². The maximum absolute atomic E-state index is 12.8. The van der Waals surface area contributed by atoms with E-state index in [1.165, 1.54) is 12.8 Å². The highest BCUT2D eigenvalue weighted by atomic mass is 16.5. The minimum Gasteiger partial charge on any atom is -0.478 e. The summed E-state index contributed by atoms with van der Waals surface area (Å²) in [5.41, 5.74) is -0.348. The predicted molar refractivity (Wildman–Crippen MR) is 144 cm³/mol. The van der Waals surface area contributed by atoms with Crippen LogP contribution in [0.25, 0.3) is 0 Å². The van der Waals surface area contributed by atoms with E-state index in [2.05, 4.69) is 26.0 Å². The third-order valence-corrected chi connectivity index (χ3v) is 9.56. The molecule has 208 valence electrons. The molecule has 5 unspecified atom stereocenters. The lowest BCUT2D eigenvalue weighted by molar-refractivity contribution is -0.158. The minimum atomic E-state index is -0.940. The molecule has 2 fully saturated rings. The van der Waals surface area contributed by atoms with Crippen molar-refractivity contribution in [3.05, 3.63) is 23.8 Å². The fraction of sp³-hybridized carbons (Fsp3) is 0.774. The number of carboxylic acid groups (broad SMARTS) is 1. The van der Waals surface area contributed by atoms with Crippen molar-refractivity contribution in [2.45, 2.75) is 116 Å². The highest BCUT2D eigenvalue weighted by molar-refractivity contribution is 5.88. The monoisotopic (exact) mass is 516 g/mol. The fourth-order valence-corrected chi connectivity index (χ4v) is 7.61. The third-order valence-electron chi connectivity index (χ3n) is 9.56. The molecule has 0 aromatic heterocycles. The summed E-state index contributed by atoms with van der Waals surface area (Å²) < 4.78 is 5.99. The number of unbranched alkanes of at least 4 members (excludes halogenated alkanes) is 9. The van der Waals surface area contributed by atoms with Crippen LogP contribution in [0.3, 0.4) is 0 Å². The number of fused-ring (bicyclic) bond motifs is 1. The Morgan fingerprint density at radius 3 is 2.22 bits per heavy atom. The number of hydrogen-bond donors (Lipinski definition) is 2. The van der Waals surface area contributed by atoms with E-state index in [0.29, 0.717) is 25.0 Å². The normalized spacial score (nSPS) is 29.8. The number of carboxylic acids is 1. The van der Waals surface area contributed by atoms with Crippen molar-refractivity contribution >= 4 is 18.2 Å². The van der Waals surface area contributed by atoms with Gasteiger partial charge in [0, 0.05) is 29.9 Å². The average molecular weight is 517 g/mol. The van der Waals surface area contributed by atoms with Crippen LogP contribution in [-0.4, -0.2) is 41.1 Å². The van der Waals surface area contributed by atoms with Gasteiger partial charge < -0.3 is 19.7 Å². The fourth-order valence-electron chi connectivity index (χ4n) is 7.61. The molecular formula is C31H48O6. The highest BCUT2D eigenvalue weighted by Crippen LogP contribution is 2.71. The molecule has 0 radical (unpaired) electrons. The first-order valence-corrected chi connectivity index (χ1v) is 14.6. The molecule has 1 spiro atoms. The van der Waals surface area contributed by atoms with Crippen molar-refractivity contribution in [2.24, 2.45) is 28.6 Å². The van der Waals surface area contributed by atoms with E-state index < -0.39 is 17.5 Å². The van der Waals surface area contributed by atoms with Crippen LogP contribution in [0.2, 0.25) is 0 Å². The first kappa shape index (κ1) is 29.6. The van der Waals surface area contributed by atoms with E-state index in [1.807, 2.05) is 0 Å². The van der Waals surface area contributed by atoms with Crippen LogP contribution in [0.1, 0.15) is 110 Å². The van der Waals surface area contributed by atoms with Crippen molar-refractivity contribution in [1.29, 1.82) is 0 Å². The summed E-state index contributed by atoms with van der Waals surface area (Å²) in [7, 11) is 0. The van der Waals surface area contributed by atoms with Gasteiger partial charge in [0.2, 0.25) is 0 Å². The van der Waals surface area contributed by atoms with Crippen molar-refractivity contribution in [2.75, 3.05) is 6.61 Å². The Morgan fingerprint density at radius 1 is 0.973 bits per heavy atom. The molecule has 0 aromatic carbocycles. The van der Waals surface area contributed by atoms with Crippen LogP contribution in [0.4, 0.5) is 0 Å². The summed E-state index contributed by atoms with van der Waals surface area (Å²) in [5.74, 6) is -1.34. The van der Waals surface area contributed by atoms with Crippen LogP contribution in [0.5, 0.6) is 0 Å². The molecule has 2 saturated carbocycles. The number of esters is 1. The zero-order valence-electron chi connectivity index (χ0n) is 23.0. The number of hydrogen-bond acceptors (Lipinski definition) is 5. The molecule has 0 saturated heterocycles. The summed E-state index contributed by atoms with van der Waals surface area (Å²) in [4.78, 5) is 36.9. The molecule has 3 rings (SSSR count). The summed E-state index contributed by atoms with van der Waals surface area (Å²) >= 11 is 0. The van der Waals surface area contributed by atoms with E-state index >= 15 is 0 Å². The quantitative estimate of drug-likeness (QED) is 0.100. The predicted octanol–water partition coefficient (Wildman–Crippen LogP) is 6.41. The lowest BCUT2D eigenvalue weighted by Crippen LogP contribution is -2.45. The van der Waals surface area contributed by atoms with E-state index in [-0.39, 0.29) is 29.1 Å². The van der Waals surface area contributed by atoms with Gasteiger partial charge in [-0.3, -0.25) is 4.79 Å². The molecule has 5 atom stereocenters. The Kier molecular flexibility index (Phi) is 11.0. The second-order valence-corrected chi connectivity index (χ2v) is 12.1. The van der Waals surface area contributed by atoms with Gasteiger partial charge in [-0.1, -0.05) is 58.1 Å². The zero-order chi connectivity index (χ0) is 26.9. The first-order chi connectivity index (χ1) is 17.8. The largest absolute Gasteiger partial charge is 0.478 e. The standard InChI is InChI=1S/C31H48O6/c1-30(2)25-21-31(23(22-33)17-18-26(30)31)27(20-24(25)29(35)36)37-28(34)16-14-12-10-8-6-4-3-5-7-9-11-13-15-19-32/h3,5,20,22-23,25-27,32H,4,6-19,21H2,1-2H3,(H,35,36). The van der Waals surface area contributed by atoms with Crippen molar-refractivity contribution in [3.8, 4) is 0 Å². The second-order valence-electron chi connectivity index (χ2n) is 12.1. The Morgan fingerprint density at radius 2 is 1.59 bits per heavy atom. The molecule has 6 nitrogen and oxygen atoms in total. The lowest BCUT2D eigenvalue weighted by Gasteiger charge is -2.41. The number of ether oxygens (including phenoxy) is 1. The van der Waals surface area contributed by atoms with Crippen molar-refractivity contribution in [1.82, 2.24) is 0 Å². The number of aliphatic hydroxyl groups is 1. The van der Waals surface area contributed by atoms with Crippen LogP contribution in [0, 0.1) is 28.6 Å². The van der Waals surface area contributed by atoms with E-state index in [1.54, 1.807) is 6.08 Å². The van der Waals surface area contributed by atoms with Gasteiger partial charge in [-0.05, 0) is 81.1 Å². The van der Waals surface area contributed by atoms with Gasteiger partial charge in [0.15, 0.2) is 0 Å². The Hall–Kier alpha value is -1.95. The van der Waals surface area contributed by atoms with Crippen LogP contribution >= 0.6 is 0 Å². The number of aliphatic carboxylic acids is 1. The molecule has 37 heavy (non-hydrogen) atoms. The number of carbonyl (C=O) groups excluding carboxylic acids is 2. The van der Waals surface area contributed by atoms with Gasteiger partial charge in [-0.25, -0.2) is 4.79 Å². The van der Waals surface area contributed by atoms with Crippen LogP contribution < -0.4 is 0 Å². The molecule has 0 aromatic rings. The lowest BCUT2D eigenvalue weighted by atomic mass is 9.66. The minimum absolute atomic E-state index is 0.112. The maximum atomic E-state index is 12.8. The molecular weight excluding hydrogens is 468 g/mol. The van der Waals surface area contributed by atoms with E-state index in [0.717, 1.165) is 76.9 Å². The average Bonchev–Trinajstić information content (AvgIpc) is 3.32. The Labute approximate surface area is 222 Å². The highest BCUT2D eigenvalue weighted by Gasteiger charge is 2.69. The number of carbonyl (C=O) groups is 3. The Balaban J connectivity index is 1.40. The molecule has 0 heterocycles. The summed E-state index contributed by atoms with van der Waals surface area (Å²) in [5, 5.41) is 18.7. The maximum Gasteiger partial charge on any atom is 0.331 e. The molecule has 6 heteroatoms. The Bertz CT molecular complexity index is 843. The molecule has 3 aliphatic carbocycles. The van der Waals surface area contributed by atoms with Gasteiger partial charge in [-0.2, -0.15) is 0 Å². The molecule has 0 amide bonds. The molecule has 3 aliphatic rings. The summed E-state index contributed by atoms with van der Waals surface area (Å²) in [6, 6.07) is 0.